The molecule has 10 heteroatoms. The lowest BCUT2D eigenvalue weighted by Crippen LogP contribution is -2.49. The molecule has 0 bridgehead atoms. The zero-order valence-corrected chi connectivity index (χ0v) is 15.0. The van der Waals surface area contributed by atoms with E-state index in [0.717, 1.165) is 25.9 Å². The molecular weight excluding hydrogens is 338 g/mol. The van der Waals surface area contributed by atoms with Crippen LogP contribution in [-0.2, 0) is 11.3 Å². The molecule has 2 fully saturated rings. The smallest absolute Gasteiger partial charge is 0.317 e. The standard InChI is InChI=1S/C16H27N7O3/c24-14(11-23-19-13-18-20-23)21-9-4-5-16(26,6-10-21)12-17-15(25)22-7-2-1-3-8-22/h13,26H,1-12H2,(H,17,25). The van der Waals surface area contributed by atoms with Gasteiger partial charge in [0.1, 0.15) is 6.54 Å². The summed E-state index contributed by atoms with van der Waals surface area (Å²) >= 11 is 0. The van der Waals surface area contributed by atoms with Crippen molar-refractivity contribution in [3.05, 3.63) is 6.33 Å². The SMILES string of the molecule is O=C(Cn1ncnn1)N1CCCC(O)(CNC(=O)N2CCCCC2)CC1. The lowest BCUT2D eigenvalue weighted by Gasteiger charge is -2.31. The van der Waals surface area contributed by atoms with Crippen LogP contribution in [0, 0.1) is 0 Å². The molecule has 0 aliphatic carbocycles. The average molecular weight is 365 g/mol. The number of amides is 3. The molecule has 2 aliphatic rings. The van der Waals surface area contributed by atoms with Crippen molar-refractivity contribution in [3.63, 3.8) is 0 Å². The van der Waals surface area contributed by atoms with Gasteiger partial charge in [-0.05, 0) is 43.7 Å². The highest BCUT2D eigenvalue weighted by molar-refractivity contribution is 5.76. The average Bonchev–Trinajstić information content (AvgIpc) is 3.08. The van der Waals surface area contributed by atoms with E-state index < -0.39 is 5.60 Å². The van der Waals surface area contributed by atoms with Crippen LogP contribution in [0.4, 0.5) is 4.79 Å². The Morgan fingerprint density at radius 2 is 1.81 bits per heavy atom. The molecule has 2 aliphatic heterocycles. The largest absolute Gasteiger partial charge is 0.388 e. The Labute approximate surface area is 152 Å². The summed E-state index contributed by atoms with van der Waals surface area (Å²) in [5.74, 6) is -0.0930. The lowest BCUT2D eigenvalue weighted by atomic mass is 9.95. The van der Waals surface area contributed by atoms with Gasteiger partial charge in [-0.15, -0.1) is 10.2 Å². The summed E-state index contributed by atoms with van der Waals surface area (Å²) in [6, 6.07) is -0.104. The number of likely N-dealkylation sites (tertiary alicyclic amines) is 2. The number of hydrogen-bond donors (Lipinski definition) is 2. The van der Waals surface area contributed by atoms with E-state index in [9.17, 15) is 14.7 Å². The van der Waals surface area contributed by atoms with Gasteiger partial charge in [-0.2, -0.15) is 4.80 Å². The van der Waals surface area contributed by atoms with Crippen LogP contribution in [-0.4, -0.2) is 85.4 Å². The predicted molar refractivity (Wildman–Crippen MR) is 92.0 cm³/mol. The van der Waals surface area contributed by atoms with Crippen LogP contribution >= 0.6 is 0 Å². The van der Waals surface area contributed by atoms with E-state index in [0.29, 0.717) is 32.4 Å². The van der Waals surface area contributed by atoms with Crippen molar-refractivity contribution in [3.8, 4) is 0 Å². The minimum absolute atomic E-state index is 0.0458. The minimum atomic E-state index is -0.980. The molecule has 3 amide bonds. The normalized spacial score (nSPS) is 24.2. The fraction of sp³-hybridized carbons (Fsp3) is 0.812. The molecule has 26 heavy (non-hydrogen) atoms. The predicted octanol–water partition coefficient (Wildman–Crippen LogP) is -0.388. The van der Waals surface area contributed by atoms with Crippen LogP contribution in [0.15, 0.2) is 6.33 Å². The van der Waals surface area contributed by atoms with Gasteiger partial charge in [0.2, 0.25) is 5.91 Å². The van der Waals surface area contributed by atoms with Crippen LogP contribution in [0.5, 0.6) is 0 Å². The number of piperidine rings is 1. The number of nitrogens with one attached hydrogen (secondary N) is 1. The van der Waals surface area contributed by atoms with E-state index in [-0.39, 0.29) is 25.0 Å². The molecule has 144 valence electrons. The number of urea groups is 1. The molecule has 2 saturated heterocycles. The van der Waals surface area contributed by atoms with Crippen LogP contribution < -0.4 is 5.32 Å². The Hall–Kier alpha value is -2.23. The van der Waals surface area contributed by atoms with E-state index in [1.165, 1.54) is 17.5 Å². The Bertz CT molecular complexity index is 603. The van der Waals surface area contributed by atoms with Crippen LogP contribution in [0.3, 0.4) is 0 Å². The van der Waals surface area contributed by atoms with Crippen molar-refractivity contribution in [1.29, 1.82) is 0 Å². The van der Waals surface area contributed by atoms with Crippen molar-refractivity contribution in [2.24, 2.45) is 0 Å². The summed E-state index contributed by atoms with van der Waals surface area (Å²) in [5, 5.41) is 24.8. The number of aliphatic hydroxyl groups is 1. The molecule has 2 N–H and O–H groups in total. The molecule has 0 radical (unpaired) electrons. The molecule has 0 saturated carbocycles. The van der Waals surface area contributed by atoms with Crippen molar-refractivity contribution in [2.75, 3.05) is 32.7 Å². The van der Waals surface area contributed by atoms with Gasteiger partial charge in [0.15, 0.2) is 6.33 Å². The van der Waals surface area contributed by atoms with Crippen LogP contribution in [0.1, 0.15) is 38.5 Å². The fourth-order valence-electron chi connectivity index (χ4n) is 3.54. The highest BCUT2D eigenvalue weighted by Crippen LogP contribution is 2.22. The zero-order chi connectivity index (χ0) is 18.4. The summed E-state index contributed by atoms with van der Waals surface area (Å²) < 4.78 is 0. The monoisotopic (exact) mass is 365 g/mol. The number of carbonyl (C=O) groups excluding carboxylic acids is 2. The molecule has 3 heterocycles. The number of tetrazole rings is 1. The first-order valence-corrected chi connectivity index (χ1v) is 9.29. The number of rotatable bonds is 4. The molecular formula is C16H27N7O3. The second-order valence-corrected chi connectivity index (χ2v) is 7.13. The molecule has 0 aromatic carbocycles. The van der Waals surface area contributed by atoms with E-state index in [1.54, 1.807) is 4.90 Å². The molecule has 1 aromatic heterocycles. The number of aromatic nitrogens is 4. The van der Waals surface area contributed by atoms with Gasteiger partial charge in [-0.1, -0.05) is 0 Å². The summed E-state index contributed by atoms with van der Waals surface area (Å²) in [5.41, 5.74) is -0.980. The van der Waals surface area contributed by atoms with Gasteiger partial charge >= 0.3 is 6.03 Å². The summed E-state index contributed by atoms with van der Waals surface area (Å²) in [6.07, 6.45) is 6.21. The lowest BCUT2D eigenvalue weighted by molar-refractivity contribution is -0.132. The maximum Gasteiger partial charge on any atom is 0.317 e. The third kappa shape index (κ3) is 4.90. The first kappa shape index (κ1) is 18.6. The first-order chi connectivity index (χ1) is 12.6. The summed E-state index contributed by atoms with van der Waals surface area (Å²) in [7, 11) is 0. The van der Waals surface area contributed by atoms with Gasteiger partial charge < -0.3 is 20.2 Å². The second kappa shape index (κ2) is 8.43. The molecule has 1 atom stereocenters. The molecule has 3 rings (SSSR count). The van der Waals surface area contributed by atoms with Crippen LogP contribution in [0.2, 0.25) is 0 Å². The highest BCUT2D eigenvalue weighted by Gasteiger charge is 2.32. The maximum atomic E-state index is 12.3. The second-order valence-electron chi connectivity index (χ2n) is 7.13. The van der Waals surface area contributed by atoms with Gasteiger partial charge in [0.05, 0.1) is 5.60 Å². The molecule has 0 spiro atoms. The minimum Gasteiger partial charge on any atom is -0.388 e. The van der Waals surface area contributed by atoms with Crippen molar-refractivity contribution < 1.29 is 14.7 Å². The Morgan fingerprint density at radius 3 is 2.54 bits per heavy atom. The summed E-state index contributed by atoms with van der Waals surface area (Å²) in [4.78, 5) is 29.4. The number of nitrogens with zero attached hydrogens (tertiary/aromatic N) is 6. The topological polar surface area (TPSA) is 116 Å². The Balaban J connectivity index is 1.47. The van der Waals surface area contributed by atoms with E-state index in [2.05, 4.69) is 20.7 Å². The third-order valence-electron chi connectivity index (χ3n) is 5.15. The van der Waals surface area contributed by atoms with E-state index in [1.807, 2.05) is 4.90 Å². The van der Waals surface area contributed by atoms with Gasteiger partial charge in [-0.3, -0.25) is 4.79 Å². The number of carbonyl (C=O) groups is 2. The van der Waals surface area contributed by atoms with Gasteiger partial charge in [0, 0.05) is 32.7 Å². The van der Waals surface area contributed by atoms with Crippen molar-refractivity contribution in [1.82, 2.24) is 35.3 Å². The molecule has 1 unspecified atom stereocenters. The first-order valence-electron chi connectivity index (χ1n) is 9.29. The van der Waals surface area contributed by atoms with Gasteiger partial charge in [-0.25, -0.2) is 4.79 Å². The summed E-state index contributed by atoms with van der Waals surface area (Å²) in [6.45, 7) is 2.85. The maximum absolute atomic E-state index is 12.3. The van der Waals surface area contributed by atoms with Crippen LogP contribution in [0.25, 0.3) is 0 Å². The third-order valence-corrected chi connectivity index (χ3v) is 5.15. The van der Waals surface area contributed by atoms with E-state index in [4.69, 9.17) is 0 Å². The van der Waals surface area contributed by atoms with Crippen molar-refractivity contribution in [2.45, 2.75) is 50.7 Å². The van der Waals surface area contributed by atoms with Crippen molar-refractivity contribution >= 4 is 11.9 Å². The quantitative estimate of drug-likeness (QED) is 0.751. The van der Waals surface area contributed by atoms with Gasteiger partial charge in [0.25, 0.3) is 0 Å². The number of hydrogen-bond acceptors (Lipinski definition) is 6. The highest BCUT2D eigenvalue weighted by atomic mass is 16.3. The fourth-order valence-corrected chi connectivity index (χ4v) is 3.54. The Morgan fingerprint density at radius 1 is 1.04 bits per heavy atom. The molecule has 10 nitrogen and oxygen atoms in total. The van der Waals surface area contributed by atoms with E-state index >= 15 is 0 Å². The molecule has 1 aromatic rings. The zero-order valence-electron chi connectivity index (χ0n) is 15.0. The Kier molecular flexibility index (Phi) is 6.02.